The van der Waals surface area contributed by atoms with Crippen LogP contribution in [0.25, 0.3) is 0 Å². The SMILES string of the molecule is CC[C@@H](COc1cccnc1F)NC. The fraction of sp³-hybridized carbons (Fsp3) is 0.500. The molecule has 0 aromatic carbocycles. The fourth-order valence-corrected chi connectivity index (χ4v) is 1.07. The van der Waals surface area contributed by atoms with Crippen molar-refractivity contribution in [1.29, 1.82) is 0 Å². The number of aromatic nitrogens is 1. The van der Waals surface area contributed by atoms with Crippen LogP contribution < -0.4 is 10.1 Å². The number of nitrogens with zero attached hydrogens (tertiary/aromatic N) is 1. The third-order valence-electron chi connectivity index (χ3n) is 2.07. The molecule has 1 N–H and O–H groups in total. The van der Waals surface area contributed by atoms with Crippen molar-refractivity contribution in [1.82, 2.24) is 10.3 Å². The molecule has 1 aromatic rings. The van der Waals surface area contributed by atoms with E-state index >= 15 is 0 Å². The lowest BCUT2D eigenvalue weighted by atomic mass is 10.2. The molecule has 0 aliphatic rings. The van der Waals surface area contributed by atoms with Gasteiger partial charge < -0.3 is 10.1 Å². The number of rotatable bonds is 5. The van der Waals surface area contributed by atoms with E-state index in [-0.39, 0.29) is 11.8 Å². The Kier molecular flexibility index (Phi) is 4.32. The topological polar surface area (TPSA) is 34.1 Å². The normalized spacial score (nSPS) is 12.5. The van der Waals surface area contributed by atoms with Crippen LogP contribution in [0.1, 0.15) is 13.3 Å². The minimum atomic E-state index is -0.557. The molecule has 0 spiro atoms. The highest BCUT2D eigenvalue weighted by atomic mass is 19.1. The molecule has 1 aromatic heterocycles. The Labute approximate surface area is 83.3 Å². The zero-order chi connectivity index (χ0) is 10.4. The minimum Gasteiger partial charge on any atom is -0.487 e. The standard InChI is InChI=1S/C10H15FN2O/c1-3-8(12-2)7-14-9-5-4-6-13-10(9)11/h4-6,8,12H,3,7H2,1-2H3/t8-/m0/s1. The van der Waals surface area contributed by atoms with Gasteiger partial charge in [0.25, 0.3) is 5.95 Å². The second-order valence-corrected chi connectivity index (χ2v) is 3.00. The monoisotopic (exact) mass is 198 g/mol. The molecule has 1 rings (SSSR count). The maximum Gasteiger partial charge on any atom is 0.255 e. The van der Waals surface area contributed by atoms with Gasteiger partial charge in [0.1, 0.15) is 6.61 Å². The average Bonchev–Trinajstić information content (AvgIpc) is 2.22. The lowest BCUT2D eigenvalue weighted by Crippen LogP contribution is -2.30. The fourth-order valence-electron chi connectivity index (χ4n) is 1.07. The molecule has 4 heteroatoms. The number of pyridine rings is 1. The summed E-state index contributed by atoms with van der Waals surface area (Å²) >= 11 is 0. The van der Waals surface area contributed by atoms with Crippen LogP contribution in [0.5, 0.6) is 5.75 Å². The second kappa shape index (κ2) is 5.54. The molecule has 0 fully saturated rings. The van der Waals surface area contributed by atoms with Crippen molar-refractivity contribution >= 4 is 0 Å². The molecule has 0 amide bonds. The molecule has 0 aliphatic carbocycles. The zero-order valence-corrected chi connectivity index (χ0v) is 8.46. The van der Waals surface area contributed by atoms with Crippen LogP contribution in [-0.2, 0) is 0 Å². The number of ether oxygens (including phenoxy) is 1. The summed E-state index contributed by atoms with van der Waals surface area (Å²) in [7, 11) is 1.86. The zero-order valence-electron chi connectivity index (χ0n) is 8.46. The Hall–Kier alpha value is -1.16. The average molecular weight is 198 g/mol. The van der Waals surface area contributed by atoms with Gasteiger partial charge in [-0.3, -0.25) is 0 Å². The van der Waals surface area contributed by atoms with Gasteiger partial charge in [-0.15, -0.1) is 0 Å². The van der Waals surface area contributed by atoms with E-state index in [1.807, 2.05) is 14.0 Å². The van der Waals surface area contributed by atoms with Crippen LogP contribution >= 0.6 is 0 Å². The summed E-state index contributed by atoms with van der Waals surface area (Å²) < 4.78 is 18.3. The predicted octanol–water partition coefficient (Wildman–Crippen LogP) is 1.60. The summed E-state index contributed by atoms with van der Waals surface area (Å²) in [6, 6.07) is 3.47. The van der Waals surface area contributed by atoms with Crippen LogP contribution in [0.15, 0.2) is 18.3 Å². The van der Waals surface area contributed by atoms with Crippen LogP contribution in [0.2, 0.25) is 0 Å². The van der Waals surface area contributed by atoms with E-state index in [9.17, 15) is 4.39 Å². The number of likely N-dealkylation sites (N-methyl/N-ethyl adjacent to an activating group) is 1. The Morgan fingerprint density at radius 1 is 1.64 bits per heavy atom. The largest absolute Gasteiger partial charge is 0.487 e. The van der Waals surface area contributed by atoms with Gasteiger partial charge in [-0.2, -0.15) is 4.39 Å². The summed E-state index contributed by atoms with van der Waals surface area (Å²) in [4.78, 5) is 3.50. The first-order valence-electron chi connectivity index (χ1n) is 4.68. The number of hydrogen-bond acceptors (Lipinski definition) is 3. The van der Waals surface area contributed by atoms with Gasteiger partial charge in [0.15, 0.2) is 5.75 Å². The molecule has 78 valence electrons. The molecule has 0 radical (unpaired) electrons. The van der Waals surface area contributed by atoms with Gasteiger partial charge in [-0.1, -0.05) is 6.92 Å². The third kappa shape index (κ3) is 2.96. The van der Waals surface area contributed by atoms with E-state index in [2.05, 4.69) is 10.3 Å². The molecule has 1 heterocycles. The molecule has 0 aliphatic heterocycles. The van der Waals surface area contributed by atoms with Crippen molar-refractivity contribution in [3.63, 3.8) is 0 Å². The number of hydrogen-bond donors (Lipinski definition) is 1. The van der Waals surface area contributed by atoms with Gasteiger partial charge in [0.05, 0.1) is 0 Å². The highest BCUT2D eigenvalue weighted by Crippen LogP contribution is 2.13. The van der Waals surface area contributed by atoms with Crippen molar-refractivity contribution in [2.24, 2.45) is 0 Å². The van der Waals surface area contributed by atoms with Crippen molar-refractivity contribution in [3.05, 3.63) is 24.3 Å². The third-order valence-corrected chi connectivity index (χ3v) is 2.07. The lowest BCUT2D eigenvalue weighted by Gasteiger charge is -2.14. The maximum atomic E-state index is 13.0. The van der Waals surface area contributed by atoms with E-state index in [1.54, 1.807) is 12.1 Å². The minimum absolute atomic E-state index is 0.209. The molecule has 0 saturated carbocycles. The first-order chi connectivity index (χ1) is 6.77. The Balaban J connectivity index is 2.49. The first kappa shape index (κ1) is 10.9. The first-order valence-corrected chi connectivity index (χ1v) is 4.68. The Morgan fingerprint density at radius 2 is 2.43 bits per heavy atom. The van der Waals surface area contributed by atoms with E-state index < -0.39 is 5.95 Å². The highest BCUT2D eigenvalue weighted by molar-refractivity contribution is 5.17. The van der Waals surface area contributed by atoms with Crippen molar-refractivity contribution in [3.8, 4) is 5.75 Å². The van der Waals surface area contributed by atoms with E-state index in [4.69, 9.17) is 4.74 Å². The maximum absolute atomic E-state index is 13.0. The van der Waals surface area contributed by atoms with Crippen LogP contribution in [0.3, 0.4) is 0 Å². The smallest absolute Gasteiger partial charge is 0.255 e. The molecular weight excluding hydrogens is 183 g/mol. The Bertz CT molecular complexity index is 277. The lowest BCUT2D eigenvalue weighted by molar-refractivity contribution is 0.253. The van der Waals surface area contributed by atoms with E-state index in [1.165, 1.54) is 6.20 Å². The molecule has 0 saturated heterocycles. The van der Waals surface area contributed by atoms with E-state index in [0.717, 1.165) is 6.42 Å². The molecule has 0 unspecified atom stereocenters. The Morgan fingerprint density at radius 3 is 3.00 bits per heavy atom. The molecule has 1 atom stereocenters. The number of nitrogens with one attached hydrogen (secondary N) is 1. The summed E-state index contributed by atoms with van der Waals surface area (Å²) in [6.45, 7) is 2.50. The summed E-state index contributed by atoms with van der Waals surface area (Å²) in [5.41, 5.74) is 0. The van der Waals surface area contributed by atoms with Gasteiger partial charge in [0.2, 0.25) is 0 Å². The predicted molar refractivity (Wildman–Crippen MR) is 52.8 cm³/mol. The van der Waals surface area contributed by atoms with Gasteiger partial charge in [-0.25, -0.2) is 4.98 Å². The highest BCUT2D eigenvalue weighted by Gasteiger charge is 2.07. The molecule has 14 heavy (non-hydrogen) atoms. The van der Waals surface area contributed by atoms with Crippen LogP contribution in [-0.4, -0.2) is 24.7 Å². The van der Waals surface area contributed by atoms with Crippen molar-refractivity contribution in [2.45, 2.75) is 19.4 Å². The molecule has 3 nitrogen and oxygen atoms in total. The van der Waals surface area contributed by atoms with E-state index in [0.29, 0.717) is 6.61 Å². The molecule has 0 bridgehead atoms. The van der Waals surface area contributed by atoms with Crippen molar-refractivity contribution < 1.29 is 9.13 Å². The van der Waals surface area contributed by atoms with Gasteiger partial charge >= 0.3 is 0 Å². The van der Waals surface area contributed by atoms with Gasteiger partial charge in [0, 0.05) is 12.2 Å². The van der Waals surface area contributed by atoms with Crippen LogP contribution in [0, 0.1) is 5.95 Å². The number of halogens is 1. The summed E-state index contributed by atoms with van der Waals surface area (Å²) in [6.07, 6.45) is 2.34. The van der Waals surface area contributed by atoms with Crippen LogP contribution in [0.4, 0.5) is 4.39 Å². The molecular formula is C10H15FN2O. The van der Waals surface area contributed by atoms with Crippen molar-refractivity contribution in [2.75, 3.05) is 13.7 Å². The summed E-state index contributed by atoms with van der Waals surface area (Å²) in [5, 5.41) is 3.07. The van der Waals surface area contributed by atoms with Gasteiger partial charge in [-0.05, 0) is 25.6 Å². The second-order valence-electron chi connectivity index (χ2n) is 3.00. The summed E-state index contributed by atoms with van der Waals surface area (Å²) in [5.74, 6) is -0.348. The quantitative estimate of drug-likeness (QED) is 0.730.